The van der Waals surface area contributed by atoms with E-state index in [4.69, 9.17) is 16.3 Å². The zero-order valence-electron chi connectivity index (χ0n) is 13.5. The third kappa shape index (κ3) is 3.98. The molecule has 0 spiro atoms. The van der Waals surface area contributed by atoms with Crippen LogP contribution in [0.2, 0.25) is 5.02 Å². The smallest absolute Gasteiger partial charge is 0.338 e. The number of fused-ring (bicyclic) bond motifs is 1. The van der Waals surface area contributed by atoms with Crippen molar-refractivity contribution < 1.29 is 14.3 Å². The fraction of sp³-hybridized carbons (Fsp3) is 0.100. The van der Waals surface area contributed by atoms with Gasteiger partial charge in [0.05, 0.1) is 5.56 Å². The number of hydrogen-bond acceptors (Lipinski definition) is 3. The first-order valence-corrected chi connectivity index (χ1v) is 8.17. The maximum Gasteiger partial charge on any atom is 0.338 e. The standard InChI is InChI=1S/C20H16ClNO3/c1-13(25-20(24)15-8-4-9-16(21)12-15)19(23)22-18-11-5-7-14-6-2-3-10-17(14)18/h2-13H,1H3,(H,22,23)/t13-/m1/s1. The van der Waals surface area contributed by atoms with E-state index in [0.29, 0.717) is 16.3 Å². The summed E-state index contributed by atoms with van der Waals surface area (Å²) in [5, 5.41) is 5.18. The predicted octanol–water partition coefficient (Wildman–Crippen LogP) is 4.68. The van der Waals surface area contributed by atoms with E-state index in [1.807, 2.05) is 42.5 Å². The lowest BCUT2D eigenvalue weighted by Gasteiger charge is -2.15. The fourth-order valence-corrected chi connectivity index (χ4v) is 2.66. The number of hydrogen-bond donors (Lipinski definition) is 1. The first kappa shape index (κ1) is 17.0. The van der Waals surface area contributed by atoms with Gasteiger partial charge in [-0.25, -0.2) is 4.79 Å². The summed E-state index contributed by atoms with van der Waals surface area (Å²) in [6.07, 6.45) is -0.939. The molecular weight excluding hydrogens is 338 g/mol. The van der Waals surface area contributed by atoms with Crippen LogP contribution in [0.25, 0.3) is 10.8 Å². The summed E-state index contributed by atoms with van der Waals surface area (Å²) in [7, 11) is 0. The highest BCUT2D eigenvalue weighted by molar-refractivity contribution is 6.30. The van der Waals surface area contributed by atoms with Crippen molar-refractivity contribution in [2.75, 3.05) is 5.32 Å². The highest BCUT2D eigenvalue weighted by Gasteiger charge is 2.19. The Balaban J connectivity index is 1.71. The second-order valence-electron chi connectivity index (χ2n) is 5.57. The third-order valence-electron chi connectivity index (χ3n) is 3.76. The summed E-state index contributed by atoms with van der Waals surface area (Å²) in [5.41, 5.74) is 0.978. The molecule has 25 heavy (non-hydrogen) atoms. The average molecular weight is 354 g/mol. The van der Waals surface area contributed by atoms with E-state index < -0.39 is 18.0 Å². The van der Waals surface area contributed by atoms with E-state index in [2.05, 4.69) is 5.32 Å². The van der Waals surface area contributed by atoms with Gasteiger partial charge in [0.1, 0.15) is 0 Å². The molecule has 126 valence electrons. The molecule has 1 N–H and O–H groups in total. The van der Waals surface area contributed by atoms with Crippen molar-refractivity contribution in [2.45, 2.75) is 13.0 Å². The molecule has 3 aromatic rings. The summed E-state index contributed by atoms with van der Waals surface area (Å²) in [6.45, 7) is 1.53. The molecule has 0 saturated heterocycles. The Bertz CT molecular complexity index is 934. The number of rotatable bonds is 4. The SMILES string of the molecule is C[C@@H](OC(=O)c1cccc(Cl)c1)C(=O)Nc1cccc2ccccc12. The third-order valence-corrected chi connectivity index (χ3v) is 4.00. The van der Waals surface area contributed by atoms with E-state index >= 15 is 0 Å². The highest BCUT2D eigenvalue weighted by atomic mass is 35.5. The fourth-order valence-electron chi connectivity index (χ4n) is 2.47. The molecule has 0 aliphatic heterocycles. The van der Waals surface area contributed by atoms with Crippen LogP contribution in [0.3, 0.4) is 0 Å². The maximum atomic E-state index is 12.4. The summed E-state index contributed by atoms with van der Waals surface area (Å²) in [5.74, 6) is -0.991. The lowest BCUT2D eigenvalue weighted by atomic mass is 10.1. The Kier molecular flexibility index (Phi) is 5.00. The number of esters is 1. The number of benzene rings is 3. The van der Waals surface area contributed by atoms with Crippen molar-refractivity contribution in [2.24, 2.45) is 0 Å². The van der Waals surface area contributed by atoms with Crippen molar-refractivity contribution >= 4 is 39.9 Å². The van der Waals surface area contributed by atoms with Crippen LogP contribution >= 0.6 is 11.6 Å². The minimum atomic E-state index is -0.939. The van der Waals surface area contributed by atoms with Gasteiger partial charge in [-0.15, -0.1) is 0 Å². The van der Waals surface area contributed by atoms with Gasteiger partial charge in [0.2, 0.25) is 0 Å². The van der Waals surface area contributed by atoms with Crippen molar-refractivity contribution in [1.29, 1.82) is 0 Å². The molecule has 1 atom stereocenters. The molecule has 0 aromatic heterocycles. The van der Waals surface area contributed by atoms with E-state index in [1.54, 1.807) is 18.2 Å². The first-order chi connectivity index (χ1) is 12.0. The van der Waals surface area contributed by atoms with Crippen LogP contribution in [-0.2, 0) is 9.53 Å². The second kappa shape index (κ2) is 7.36. The van der Waals surface area contributed by atoms with Gasteiger partial charge in [0, 0.05) is 16.1 Å². The van der Waals surface area contributed by atoms with Gasteiger partial charge >= 0.3 is 5.97 Å². The topological polar surface area (TPSA) is 55.4 Å². The van der Waals surface area contributed by atoms with Crippen LogP contribution in [0, 0.1) is 0 Å². The summed E-state index contributed by atoms with van der Waals surface area (Å²) >= 11 is 5.86. The molecule has 3 rings (SSSR count). The Morgan fingerprint density at radius 3 is 2.52 bits per heavy atom. The molecule has 0 fully saturated rings. The van der Waals surface area contributed by atoms with Crippen LogP contribution < -0.4 is 5.32 Å². The van der Waals surface area contributed by atoms with E-state index in [1.165, 1.54) is 13.0 Å². The summed E-state index contributed by atoms with van der Waals surface area (Å²) < 4.78 is 5.23. The van der Waals surface area contributed by atoms with Crippen LogP contribution in [0.4, 0.5) is 5.69 Å². The molecule has 0 bridgehead atoms. The van der Waals surface area contributed by atoms with Gasteiger partial charge in [0.25, 0.3) is 5.91 Å². The number of amides is 1. The van der Waals surface area contributed by atoms with E-state index in [0.717, 1.165) is 10.8 Å². The molecule has 1 amide bonds. The number of nitrogens with one attached hydrogen (secondary N) is 1. The normalized spacial score (nSPS) is 11.8. The Morgan fingerprint density at radius 2 is 1.72 bits per heavy atom. The van der Waals surface area contributed by atoms with Crippen molar-refractivity contribution in [3.05, 3.63) is 77.3 Å². The zero-order valence-corrected chi connectivity index (χ0v) is 14.3. The quantitative estimate of drug-likeness (QED) is 0.693. The second-order valence-corrected chi connectivity index (χ2v) is 6.01. The lowest BCUT2D eigenvalue weighted by molar-refractivity contribution is -0.123. The van der Waals surface area contributed by atoms with E-state index in [-0.39, 0.29) is 0 Å². The number of halogens is 1. The van der Waals surface area contributed by atoms with Crippen LogP contribution in [-0.4, -0.2) is 18.0 Å². The van der Waals surface area contributed by atoms with Gasteiger partial charge in [0.15, 0.2) is 6.10 Å². The largest absolute Gasteiger partial charge is 0.449 e. The molecule has 0 heterocycles. The molecule has 0 aliphatic carbocycles. The number of ether oxygens (including phenoxy) is 1. The average Bonchev–Trinajstić information content (AvgIpc) is 2.62. The molecule has 0 saturated carbocycles. The van der Waals surface area contributed by atoms with Crippen molar-refractivity contribution in [3.63, 3.8) is 0 Å². The Hall–Kier alpha value is -2.85. The van der Waals surface area contributed by atoms with Gasteiger partial charge in [-0.1, -0.05) is 54.1 Å². The van der Waals surface area contributed by atoms with Crippen LogP contribution in [0.1, 0.15) is 17.3 Å². The molecule has 4 nitrogen and oxygen atoms in total. The monoisotopic (exact) mass is 353 g/mol. The number of carbonyl (C=O) groups excluding carboxylic acids is 2. The minimum Gasteiger partial charge on any atom is -0.449 e. The zero-order chi connectivity index (χ0) is 17.8. The highest BCUT2D eigenvalue weighted by Crippen LogP contribution is 2.23. The Labute approximate surface area is 150 Å². The molecule has 5 heteroatoms. The Morgan fingerprint density at radius 1 is 1.00 bits per heavy atom. The summed E-state index contributed by atoms with van der Waals surface area (Å²) in [6, 6.07) is 19.8. The summed E-state index contributed by atoms with van der Waals surface area (Å²) in [4.78, 5) is 24.5. The molecule has 3 aromatic carbocycles. The lowest BCUT2D eigenvalue weighted by Crippen LogP contribution is -2.30. The predicted molar refractivity (Wildman–Crippen MR) is 98.9 cm³/mol. The number of carbonyl (C=O) groups is 2. The van der Waals surface area contributed by atoms with E-state index in [9.17, 15) is 9.59 Å². The molecule has 0 unspecified atom stereocenters. The van der Waals surface area contributed by atoms with Gasteiger partial charge in [-0.3, -0.25) is 4.79 Å². The van der Waals surface area contributed by atoms with Crippen molar-refractivity contribution in [1.82, 2.24) is 0 Å². The van der Waals surface area contributed by atoms with Crippen LogP contribution in [0.5, 0.6) is 0 Å². The van der Waals surface area contributed by atoms with Gasteiger partial charge < -0.3 is 10.1 Å². The molecular formula is C20H16ClNO3. The van der Waals surface area contributed by atoms with Crippen LogP contribution in [0.15, 0.2) is 66.7 Å². The minimum absolute atomic E-state index is 0.303. The number of anilines is 1. The molecule has 0 radical (unpaired) electrons. The van der Waals surface area contributed by atoms with Crippen molar-refractivity contribution in [3.8, 4) is 0 Å². The first-order valence-electron chi connectivity index (χ1n) is 7.80. The molecule has 0 aliphatic rings. The van der Waals surface area contributed by atoms with Gasteiger partial charge in [-0.2, -0.15) is 0 Å². The van der Waals surface area contributed by atoms with Gasteiger partial charge in [-0.05, 0) is 36.6 Å². The maximum absolute atomic E-state index is 12.4.